The van der Waals surface area contributed by atoms with Crippen molar-refractivity contribution in [2.75, 3.05) is 47.5 Å². The largest absolute Gasteiger partial charge is 0.545 e. The fraction of sp³-hybridized carbons (Fsp3) is 0.565. The molecule has 9 heteroatoms. The van der Waals surface area contributed by atoms with E-state index in [4.69, 9.17) is 18.9 Å². The Bertz CT molecular complexity index is 1670. The maximum absolute atomic E-state index is 12.8. The summed E-state index contributed by atoms with van der Waals surface area (Å²) in [6.45, 7) is 4.42. The van der Waals surface area contributed by atoms with Crippen LogP contribution in [0.1, 0.15) is 168 Å². The average molecular weight is 984 g/mol. The summed E-state index contributed by atoms with van der Waals surface area (Å²) in [6.07, 6.45) is 71.7. The van der Waals surface area contributed by atoms with Gasteiger partial charge in [0.1, 0.15) is 13.2 Å². The van der Waals surface area contributed by atoms with Crippen LogP contribution in [0.3, 0.4) is 0 Å². The molecule has 2 atom stereocenters. The lowest BCUT2D eigenvalue weighted by Gasteiger charge is -2.26. The Morgan fingerprint density at radius 3 is 1.14 bits per heavy atom. The normalized spacial score (nSPS) is 14.0. The number of carboxylic acid groups (broad SMARTS) is 1. The van der Waals surface area contributed by atoms with E-state index in [0.717, 1.165) is 128 Å². The summed E-state index contributed by atoms with van der Waals surface area (Å²) in [7, 11) is 5.88. The van der Waals surface area contributed by atoms with E-state index in [9.17, 15) is 19.5 Å². The summed E-state index contributed by atoms with van der Waals surface area (Å²) >= 11 is 0. The Balaban J connectivity index is 4.47. The zero-order valence-corrected chi connectivity index (χ0v) is 45.0. The second kappa shape index (κ2) is 51.5. The number of rotatable bonds is 47. The number of hydrogen-bond donors (Lipinski definition) is 0. The third kappa shape index (κ3) is 52.8. The molecule has 0 saturated carbocycles. The number of nitrogens with zero attached hydrogens (tertiary/aromatic N) is 1. The minimum Gasteiger partial charge on any atom is -0.545 e. The van der Waals surface area contributed by atoms with Crippen molar-refractivity contribution in [3.05, 3.63) is 146 Å². The number of likely N-dealkylation sites (N-methyl/N-ethyl adjacent to an activating group) is 1. The van der Waals surface area contributed by atoms with E-state index in [1.165, 1.54) is 0 Å². The molecular formula is C62H97NO8. The first kappa shape index (κ1) is 66.2. The van der Waals surface area contributed by atoms with Gasteiger partial charge >= 0.3 is 11.9 Å². The SMILES string of the molecule is CC/C=C\C/C=C\C/C=C\C/C=C\C/C=C\C/C=C\C/C=C\CCCCCC(=O)OC(COC(=O)CCCCCCC/C=C\C/C=C\C/C=C\C/C=C\C/C=C\CC)COC(OCC[N+](C)(C)C)C(=O)[O-]. The number of carbonyl (C=O) groups is 3. The van der Waals surface area contributed by atoms with Crippen molar-refractivity contribution in [2.24, 2.45) is 0 Å². The number of hydrogen-bond acceptors (Lipinski definition) is 8. The van der Waals surface area contributed by atoms with E-state index < -0.39 is 30.3 Å². The second-order valence-electron chi connectivity index (χ2n) is 18.4. The summed E-state index contributed by atoms with van der Waals surface area (Å²) in [5.41, 5.74) is 0. The van der Waals surface area contributed by atoms with Gasteiger partial charge in [-0.2, -0.15) is 0 Å². The Morgan fingerprint density at radius 1 is 0.423 bits per heavy atom. The predicted molar refractivity (Wildman–Crippen MR) is 296 cm³/mol. The highest BCUT2D eigenvalue weighted by Gasteiger charge is 2.21. The maximum atomic E-state index is 12.8. The number of carboxylic acids is 1. The fourth-order valence-corrected chi connectivity index (χ4v) is 6.48. The van der Waals surface area contributed by atoms with Crippen molar-refractivity contribution in [1.29, 1.82) is 0 Å². The quantitative estimate of drug-likeness (QED) is 0.0195. The van der Waals surface area contributed by atoms with Crippen molar-refractivity contribution in [3.63, 3.8) is 0 Å². The minimum absolute atomic E-state index is 0.128. The summed E-state index contributed by atoms with van der Waals surface area (Å²) in [5, 5.41) is 11.8. The molecule has 2 unspecified atom stereocenters. The first-order chi connectivity index (χ1) is 34.6. The summed E-state index contributed by atoms with van der Waals surface area (Å²) < 4.78 is 22.6. The summed E-state index contributed by atoms with van der Waals surface area (Å²) in [5.74, 6) is -2.38. The molecule has 0 N–H and O–H groups in total. The molecule has 398 valence electrons. The Morgan fingerprint density at radius 2 is 0.761 bits per heavy atom. The van der Waals surface area contributed by atoms with Gasteiger partial charge in [-0.15, -0.1) is 0 Å². The van der Waals surface area contributed by atoms with Crippen molar-refractivity contribution >= 4 is 17.9 Å². The Kier molecular flexibility index (Phi) is 48.0. The highest BCUT2D eigenvalue weighted by Crippen LogP contribution is 2.12. The van der Waals surface area contributed by atoms with Gasteiger partial charge in [-0.25, -0.2) is 0 Å². The molecule has 0 radical (unpaired) electrons. The van der Waals surface area contributed by atoms with Crippen LogP contribution in [-0.4, -0.2) is 82.3 Å². The molecular weight excluding hydrogens is 887 g/mol. The molecule has 0 amide bonds. The molecule has 0 bridgehead atoms. The Hall–Kier alpha value is -4.83. The number of aliphatic carboxylic acids is 1. The van der Waals surface area contributed by atoms with E-state index >= 15 is 0 Å². The van der Waals surface area contributed by atoms with Gasteiger partial charge in [0, 0.05) is 12.8 Å². The molecule has 0 spiro atoms. The molecule has 71 heavy (non-hydrogen) atoms. The zero-order valence-electron chi connectivity index (χ0n) is 45.0. The highest BCUT2D eigenvalue weighted by molar-refractivity contribution is 5.70. The molecule has 0 aromatic heterocycles. The van der Waals surface area contributed by atoms with Crippen molar-refractivity contribution in [1.82, 2.24) is 0 Å². The van der Waals surface area contributed by atoms with E-state index in [1.54, 1.807) is 0 Å². The van der Waals surface area contributed by atoms with Gasteiger partial charge in [0.2, 0.25) is 0 Å². The molecule has 9 nitrogen and oxygen atoms in total. The van der Waals surface area contributed by atoms with E-state index in [-0.39, 0.29) is 32.7 Å². The van der Waals surface area contributed by atoms with Crippen LogP contribution in [-0.2, 0) is 33.3 Å². The lowest BCUT2D eigenvalue weighted by atomic mass is 10.1. The topological polar surface area (TPSA) is 111 Å². The number of allylic oxidation sites excluding steroid dienone is 24. The van der Waals surface area contributed by atoms with Crippen LogP contribution in [0.15, 0.2) is 146 Å². The highest BCUT2D eigenvalue weighted by atomic mass is 16.7. The van der Waals surface area contributed by atoms with Crippen LogP contribution >= 0.6 is 0 Å². The minimum atomic E-state index is -1.65. The van der Waals surface area contributed by atoms with E-state index in [2.05, 4.69) is 160 Å². The zero-order chi connectivity index (χ0) is 52.0. The Labute approximate surface area is 432 Å². The van der Waals surface area contributed by atoms with E-state index in [0.29, 0.717) is 23.9 Å². The smallest absolute Gasteiger partial charge is 0.306 e. The van der Waals surface area contributed by atoms with Gasteiger partial charge in [-0.3, -0.25) is 9.59 Å². The third-order valence-electron chi connectivity index (χ3n) is 10.6. The fourth-order valence-electron chi connectivity index (χ4n) is 6.48. The standard InChI is InChI=1S/C62H97NO8/c1-6-8-10-12-14-16-18-20-22-24-26-28-29-30-31-33-35-37-39-41-43-45-47-49-51-53-60(65)71-58(57-70-62(61(66)67)68-55-54-63(3,4)5)56-69-59(64)52-50-48-46-44-42-40-38-36-34-32-27-25-23-21-19-17-15-13-11-9-7-2/h8-11,14-17,20-23,26-28,30-32,35-38,41,43,58,62H,6-7,12-13,18-19,24-25,29,33-34,39-40,42,44-57H2,1-5H3/b10-8-,11-9-,16-14-,17-15-,22-20-,23-21-,28-26-,31-30-,32-27-,37-35-,38-36-,43-41-. The van der Waals surface area contributed by atoms with Crippen LogP contribution in [0.2, 0.25) is 0 Å². The maximum Gasteiger partial charge on any atom is 0.306 e. The number of quaternary nitrogens is 1. The molecule has 0 aliphatic rings. The number of unbranched alkanes of at least 4 members (excludes halogenated alkanes) is 8. The lowest BCUT2D eigenvalue weighted by Crippen LogP contribution is -2.44. The van der Waals surface area contributed by atoms with Gasteiger partial charge in [0.15, 0.2) is 12.4 Å². The lowest BCUT2D eigenvalue weighted by molar-refractivity contribution is -0.870. The first-order valence-electron chi connectivity index (χ1n) is 27.0. The molecule has 0 saturated heterocycles. The van der Waals surface area contributed by atoms with Crippen molar-refractivity contribution < 1.29 is 42.9 Å². The van der Waals surface area contributed by atoms with Gasteiger partial charge in [0.05, 0.1) is 40.3 Å². The molecule has 0 aromatic carbocycles. The molecule has 0 aliphatic heterocycles. The van der Waals surface area contributed by atoms with Crippen LogP contribution in [0.5, 0.6) is 0 Å². The number of esters is 2. The van der Waals surface area contributed by atoms with Gasteiger partial charge in [-0.1, -0.05) is 185 Å². The van der Waals surface area contributed by atoms with Crippen molar-refractivity contribution in [2.45, 2.75) is 180 Å². The summed E-state index contributed by atoms with van der Waals surface area (Å²) in [6, 6.07) is 0. The summed E-state index contributed by atoms with van der Waals surface area (Å²) in [4.78, 5) is 37.2. The van der Waals surface area contributed by atoms with Gasteiger partial charge in [-0.05, 0) is 116 Å². The first-order valence-corrected chi connectivity index (χ1v) is 27.0. The molecule has 0 fully saturated rings. The number of carbonyl (C=O) groups excluding carboxylic acids is 3. The van der Waals surface area contributed by atoms with E-state index in [1.807, 2.05) is 21.1 Å². The molecule has 0 aliphatic carbocycles. The number of ether oxygens (including phenoxy) is 4. The molecule has 0 rings (SSSR count). The molecule has 0 aromatic rings. The molecule has 0 heterocycles. The van der Waals surface area contributed by atoms with Crippen LogP contribution < -0.4 is 5.11 Å². The average Bonchev–Trinajstić information content (AvgIpc) is 3.34. The van der Waals surface area contributed by atoms with Gasteiger partial charge in [0.25, 0.3) is 0 Å². The van der Waals surface area contributed by atoms with Crippen LogP contribution in [0.4, 0.5) is 0 Å². The van der Waals surface area contributed by atoms with Gasteiger partial charge < -0.3 is 33.3 Å². The predicted octanol–water partition coefficient (Wildman–Crippen LogP) is 14.3. The van der Waals surface area contributed by atoms with Crippen LogP contribution in [0, 0.1) is 0 Å². The monoisotopic (exact) mass is 984 g/mol. The second-order valence-corrected chi connectivity index (χ2v) is 18.4. The van der Waals surface area contributed by atoms with Crippen LogP contribution in [0.25, 0.3) is 0 Å². The third-order valence-corrected chi connectivity index (χ3v) is 10.6. The van der Waals surface area contributed by atoms with Crippen molar-refractivity contribution in [3.8, 4) is 0 Å².